The summed E-state index contributed by atoms with van der Waals surface area (Å²) in [6.45, 7) is 6.40. The molecule has 2 aromatic rings. The Hall–Kier alpha value is -2.35. The van der Waals surface area contributed by atoms with Crippen LogP contribution >= 0.6 is 11.8 Å². The molecule has 7 nitrogen and oxygen atoms in total. The van der Waals surface area contributed by atoms with Gasteiger partial charge in [-0.1, -0.05) is 49.9 Å². The van der Waals surface area contributed by atoms with Crippen LogP contribution < -0.4 is 16.7 Å². The normalized spacial score (nSPS) is 10.9. The largest absolute Gasteiger partial charge is 0.355 e. The van der Waals surface area contributed by atoms with Crippen molar-refractivity contribution < 1.29 is 4.79 Å². The summed E-state index contributed by atoms with van der Waals surface area (Å²) in [7, 11) is 0. The van der Waals surface area contributed by atoms with Crippen LogP contribution in [0.15, 0.2) is 34.2 Å². The van der Waals surface area contributed by atoms with Crippen LogP contribution in [-0.4, -0.2) is 33.1 Å². The molecule has 0 fully saturated rings. The predicted molar refractivity (Wildman–Crippen MR) is 99.1 cm³/mol. The zero-order valence-corrected chi connectivity index (χ0v) is 15.5. The van der Waals surface area contributed by atoms with E-state index in [0.29, 0.717) is 12.5 Å². The number of nitrogen functional groups attached to an aromatic ring is 1. The van der Waals surface area contributed by atoms with E-state index in [9.17, 15) is 9.59 Å². The van der Waals surface area contributed by atoms with Crippen molar-refractivity contribution in [2.75, 3.05) is 18.1 Å². The molecule has 1 heterocycles. The molecule has 0 spiro atoms. The summed E-state index contributed by atoms with van der Waals surface area (Å²) in [5, 5.41) is 10.6. The molecule has 2 rings (SSSR count). The summed E-state index contributed by atoms with van der Waals surface area (Å²) in [4.78, 5) is 23.6. The Balaban J connectivity index is 1.77. The van der Waals surface area contributed by atoms with Gasteiger partial charge in [-0.15, -0.1) is 10.2 Å². The average molecular weight is 361 g/mol. The first-order valence-electron chi connectivity index (χ1n) is 8.08. The van der Waals surface area contributed by atoms with Crippen molar-refractivity contribution in [2.24, 2.45) is 0 Å². The van der Waals surface area contributed by atoms with E-state index in [1.54, 1.807) is 0 Å². The molecule has 0 atom stereocenters. The Bertz CT molecular complexity index is 787. The van der Waals surface area contributed by atoms with Crippen LogP contribution in [0.4, 0.5) is 0 Å². The van der Waals surface area contributed by atoms with Gasteiger partial charge < -0.3 is 11.2 Å². The number of aromatic nitrogens is 3. The second-order valence-corrected chi connectivity index (χ2v) is 6.97. The second kappa shape index (κ2) is 8.66. The molecule has 1 aromatic heterocycles. The van der Waals surface area contributed by atoms with E-state index in [4.69, 9.17) is 5.84 Å². The molecule has 0 unspecified atom stereocenters. The van der Waals surface area contributed by atoms with Gasteiger partial charge in [-0.2, -0.15) is 4.68 Å². The number of amides is 1. The molecule has 0 aliphatic carbocycles. The number of benzene rings is 1. The molecule has 0 saturated heterocycles. The zero-order chi connectivity index (χ0) is 18.4. The molecule has 3 N–H and O–H groups in total. The number of nitrogens with zero attached hydrogens (tertiary/aromatic N) is 3. The van der Waals surface area contributed by atoms with Gasteiger partial charge >= 0.3 is 0 Å². The van der Waals surface area contributed by atoms with Crippen LogP contribution in [0.25, 0.3) is 0 Å². The van der Waals surface area contributed by atoms with Crippen molar-refractivity contribution >= 4 is 17.7 Å². The van der Waals surface area contributed by atoms with E-state index in [1.165, 1.54) is 18.1 Å². The standard InChI is InChI=1S/C17H23N5O2S/c1-11(2)14-6-4-13(5-7-14)8-9-19-15(23)10-25-17-21-20-12(3)16(24)22(17)18/h4-7,11H,8-10,18H2,1-3H3,(H,19,23). The van der Waals surface area contributed by atoms with Gasteiger partial charge in [0, 0.05) is 6.54 Å². The topological polar surface area (TPSA) is 103 Å². The molecule has 0 bridgehead atoms. The third-order valence-electron chi connectivity index (χ3n) is 3.73. The highest BCUT2D eigenvalue weighted by Gasteiger charge is 2.10. The Labute approximate surface area is 151 Å². The van der Waals surface area contributed by atoms with Crippen molar-refractivity contribution in [2.45, 2.75) is 38.3 Å². The minimum absolute atomic E-state index is 0.126. The number of hydrogen-bond acceptors (Lipinski definition) is 6. The van der Waals surface area contributed by atoms with Gasteiger partial charge in [-0.05, 0) is 30.4 Å². The molecule has 0 radical (unpaired) electrons. The first-order chi connectivity index (χ1) is 11.9. The molecular formula is C17H23N5O2S. The highest BCUT2D eigenvalue weighted by atomic mass is 32.2. The first-order valence-corrected chi connectivity index (χ1v) is 9.06. The number of hydrogen-bond donors (Lipinski definition) is 2. The van der Waals surface area contributed by atoms with Crippen molar-refractivity contribution in [3.8, 4) is 0 Å². The van der Waals surface area contributed by atoms with Crippen LogP contribution in [-0.2, 0) is 11.2 Å². The van der Waals surface area contributed by atoms with E-state index in [1.807, 2.05) is 0 Å². The quantitative estimate of drug-likeness (QED) is 0.568. The maximum absolute atomic E-state index is 11.9. The molecule has 1 aromatic carbocycles. The van der Waals surface area contributed by atoms with Gasteiger partial charge in [0.05, 0.1) is 5.75 Å². The van der Waals surface area contributed by atoms with Gasteiger partial charge in [0.2, 0.25) is 11.1 Å². The van der Waals surface area contributed by atoms with Gasteiger partial charge in [0.15, 0.2) is 0 Å². The number of aryl methyl sites for hydroxylation is 1. The van der Waals surface area contributed by atoms with E-state index >= 15 is 0 Å². The maximum Gasteiger partial charge on any atom is 0.294 e. The Kier molecular flexibility index (Phi) is 6.58. The van der Waals surface area contributed by atoms with E-state index in [0.717, 1.165) is 22.9 Å². The Morgan fingerprint density at radius 1 is 1.28 bits per heavy atom. The fourth-order valence-electron chi connectivity index (χ4n) is 2.16. The van der Waals surface area contributed by atoms with Crippen LogP contribution in [0, 0.1) is 6.92 Å². The van der Waals surface area contributed by atoms with E-state index < -0.39 is 5.56 Å². The fourth-order valence-corrected chi connectivity index (χ4v) is 2.85. The Morgan fingerprint density at radius 3 is 2.60 bits per heavy atom. The zero-order valence-electron chi connectivity index (χ0n) is 14.7. The second-order valence-electron chi connectivity index (χ2n) is 6.03. The number of nitrogens with one attached hydrogen (secondary N) is 1. The first kappa shape index (κ1) is 19.0. The highest BCUT2D eigenvalue weighted by Crippen LogP contribution is 2.15. The summed E-state index contributed by atoms with van der Waals surface area (Å²) >= 11 is 1.08. The minimum atomic E-state index is -0.414. The summed E-state index contributed by atoms with van der Waals surface area (Å²) in [5.41, 5.74) is 2.29. The van der Waals surface area contributed by atoms with Gasteiger partial charge in [-0.3, -0.25) is 9.59 Å². The molecule has 0 aliphatic heterocycles. The van der Waals surface area contributed by atoms with Gasteiger partial charge in [-0.25, -0.2) is 0 Å². The average Bonchev–Trinajstić information content (AvgIpc) is 2.59. The maximum atomic E-state index is 11.9. The van der Waals surface area contributed by atoms with Crippen LogP contribution in [0.5, 0.6) is 0 Å². The third kappa shape index (κ3) is 5.32. The molecule has 134 valence electrons. The molecule has 1 amide bonds. The van der Waals surface area contributed by atoms with E-state index in [2.05, 4.69) is 53.6 Å². The SMILES string of the molecule is Cc1nnc(SCC(=O)NCCc2ccc(C(C)C)cc2)n(N)c1=O. The van der Waals surface area contributed by atoms with Crippen molar-refractivity contribution in [1.29, 1.82) is 0 Å². The summed E-state index contributed by atoms with van der Waals surface area (Å²) in [6.07, 6.45) is 0.765. The van der Waals surface area contributed by atoms with Crippen molar-refractivity contribution in [3.05, 3.63) is 51.4 Å². The lowest BCUT2D eigenvalue weighted by molar-refractivity contribution is -0.118. The molecular weight excluding hydrogens is 338 g/mol. The van der Waals surface area contributed by atoms with Crippen molar-refractivity contribution in [1.82, 2.24) is 20.2 Å². The monoisotopic (exact) mass is 361 g/mol. The fraction of sp³-hybridized carbons (Fsp3) is 0.412. The number of carbonyl (C=O) groups is 1. The van der Waals surface area contributed by atoms with Gasteiger partial charge in [0.1, 0.15) is 5.69 Å². The highest BCUT2D eigenvalue weighted by molar-refractivity contribution is 7.99. The minimum Gasteiger partial charge on any atom is -0.355 e. The summed E-state index contributed by atoms with van der Waals surface area (Å²) < 4.78 is 0.913. The lowest BCUT2D eigenvalue weighted by Crippen LogP contribution is -2.33. The van der Waals surface area contributed by atoms with Crippen LogP contribution in [0.1, 0.15) is 36.6 Å². The third-order valence-corrected chi connectivity index (χ3v) is 4.68. The van der Waals surface area contributed by atoms with Crippen molar-refractivity contribution in [3.63, 3.8) is 0 Å². The van der Waals surface area contributed by atoms with Gasteiger partial charge in [0.25, 0.3) is 5.56 Å². The predicted octanol–water partition coefficient (Wildman–Crippen LogP) is 1.23. The molecule has 8 heteroatoms. The lowest BCUT2D eigenvalue weighted by atomic mass is 10.0. The number of carbonyl (C=O) groups excluding carboxylic acids is 1. The smallest absolute Gasteiger partial charge is 0.294 e. The summed E-state index contributed by atoms with van der Waals surface area (Å²) in [5.74, 6) is 6.12. The van der Waals surface area contributed by atoms with Crippen LogP contribution in [0.3, 0.4) is 0 Å². The number of thioether (sulfide) groups is 1. The molecule has 0 saturated carbocycles. The number of nitrogens with two attached hydrogens (primary N) is 1. The lowest BCUT2D eigenvalue weighted by Gasteiger charge is -2.08. The van der Waals surface area contributed by atoms with Crippen LogP contribution in [0.2, 0.25) is 0 Å². The molecule has 0 aliphatic rings. The molecule has 25 heavy (non-hydrogen) atoms. The Morgan fingerprint density at radius 2 is 1.96 bits per heavy atom. The number of rotatable bonds is 7. The summed E-state index contributed by atoms with van der Waals surface area (Å²) in [6, 6.07) is 8.42. The van der Waals surface area contributed by atoms with E-state index in [-0.39, 0.29) is 22.5 Å².